The molecule has 2 N–H and O–H groups in total. The van der Waals surface area contributed by atoms with Crippen molar-refractivity contribution < 1.29 is 32.2 Å². The van der Waals surface area contributed by atoms with Crippen molar-refractivity contribution in [1.82, 2.24) is 13.6 Å². The molecule has 288 valence electrons. The second-order valence-corrected chi connectivity index (χ2v) is 15.4. The molecule has 0 saturated carbocycles. The van der Waals surface area contributed by atoms with Gasteiger partial charge < -0.3 is 29.6 Å². The lowest BCUT2D eigenvalue weighted by atomic mass is 10.1. The van der Waals surface area contributed by atoms with Gasteiger partial charge in [0.05, 0.1) is 25.1 Å². The summed E-state index contributed by atoms with van der Waals surface area (Å²) in [6.45, 7) is 3.99. The molecule has 1 amide bonds. The number of anilines is 1. The van der Waals surface area contributed by atoms with Crippen molar-refractivity contribution in [3.8, 4) is 27.7 Å². The summed E-state index contributed by atoms with van der Waals surface area (Å²) in [5, 5.41) is 6.39. The Hall–Kier alpha value is -5.57. The van der Waals surface area contributed by atoms with Crippen LogP contribution in [0.25, 0.3) is 15.3 Å². The van der Waals surface area contributed by atoms with Gasteiger partial charge in [-0.3, -0.25) is 13.5 Å². The largest absolute Gasteiger partial charge is 0.497 e. The number of fused-ring (bicyclic) bond motifs is 1. The highest BCUT2D eigenvalue weighted by atomic mass is 32.2. The molecule has 5 aromatic rings. The van der Waals surface area contributed by atoms with Crippen molar-refractivity contribution in [2.24, 2.45) is 0 Å². The summed E-state index contributed by atoms with van der Waals surface area (Å²) in [5.74, 6) is 1.51. The van der Waals surface area contributed by atoms with E-state index in [1.54, 1.807) is 61.1 Å². The molecule has 0 radical (unpaired) electrons. The summed E-state index contributed by atoms with van der Waals surface area (Å²) in [6.07, 6.45) is 2.08. The van der Waals surface area contributed by atoms with E-state index >= 15 is 0 Å². The molecule has 2 aliphatic heterocycles. The molecule has 0 atom stereocenters. The van der Waals surface area contributed by atoms with Crippen LogP contribution in [0.2, 0.25) is 0 Å². The monoisotopic (exact) mass is 784 g/mol. The van der Waals surface area contributed by atoms with E-state index in [9.17, 15) is 18.0 Å². The molecule has 0 saturated heterocycles. The Kier molecular flexibility index (Phi) is 12.9. The van der Waals surface area contributed by atoms with Crippen LogP contribution in [-0.4, -0.2) is 56.8 Å². The van der Waals surface area contributed by atoms with Gasteiger partial charge in [-0.15, -0.1) is 0 Å². The molecular weight excluding hydrogens is 741 g/mol. The summed E-state index contributed by atoms with van der Waals surface area (Å²) in [6, 6.07) is 32.0. The molecule has 0 spiro atoms. The van der Waals surface area contributed by atoms with E-state index in [1.165, 1.54) is 7.11 Å². The lowest BCUT2D eigenvalue weighted by Crippen LogP contribution is -2.36. The molecule has 7 rings (SSSR count). The number of unbranched alkanes of at least 4 members (excludes halogenated alkanes) is 1. The summed E-state index contributed by atoms with van der Waals surface area (Å²) in [4.78, 5) is 26.8. The van der Waals surface area contributed by atoms with Crippen LogP contribution in [0, 0.1) is 0 Å². The molecule has 0 unspecified atom stereocenters. The number of ether oxygens (including phenoxy) is 4. The number of benzene rings is 4. The minimum atomic E-state index is -3.99. The van der Waals surface area contributed by atoms with Gasteiger partial charge in [0.25, 0.3) is 21.5 Å². The smallest absolute Gasteiger partial charge is 0.285 e. The fourth-order valence-corrected chi connectivity index (χ4v) is 8.79. The highest BCUT2D eigenvalue weighted by Gasteiger charge is 2.44. The number of hydrogen-bond donors (Lipinski definition) is 2. The van der Waals surface area contributed by atoms with Gasteiger partial charge in [0.15, 0.2) is 11.5 Å². The van der Waals surface area contributed by atoms with E-state index in [0.717, 1.165) is 51.0 Å². The molecule has 55 heavy (non-hydrogen) atoms. The number of rotatable bonds is 15. The predicted octanol–water partition coefficient (Wildman–Crippen LogP) is 6.69. The second kappa shape index (κ2) is 18.2. The van der Waals surface area contributed by atoms with Gasteiger partial charge in [0.1, 0.15) is 22.0 Å². The minimum absolute atomic E-state index is 0.0278. The first-order valence-electron chi connectivity index (χ1n) is 17.9. The van der Waals surface area contributed by atoms with Gasteiger partial charge in [-0.25, -0.2) is 12.7 Å². The van der Waals surface area contributed by atoms with Crippen molar-refractivity contribution >= 4 is 38.1 Å². The number of nitrogens with one attached hydrogen (secondary N) is 2. The van der Waals surface area contributed by atoms with Gasteiger partial charge >= 0.3 is 0 Å². The van der Waals surface area contributed by atoms with Crippen LogP contribution in [-0.2, 0) is 39.2 Å². The Morgan fingerprint density at radius 2 is 1.44 bits per heavy atom. The van der Waals surface area contributed by atoms with Gasteiger partial charge in [-0.2, -0.15) is 0 Å². The van der Waals surface area contributed by atoms with Gasteiger partial charge in [0, 0.05) is 26.7 Å². The van der Waals surface area contributed by atoms with E-state index in [-0.39, 0.29) is 42.7 Å². The summed E-state index contributed by atoms with van der Waals surface area (Å²) in [5.41, 5.74) is 4.26. The lowest BCUT2D eigenvalue weighted by molar-refractivity contribution is -0.123. The van der Waals surface area contributed by atoms with Crippen molar-refractivity contribution in [2.75, 3.05) is 39.5 Å². The predicted molar refractivity (Wildman–Crippen MR) is 215 cm³/mol. The first kappa shape index (κ1) is 39.1. The van der Waals surface area contributed by atoms with Crippen LogP contribution in [0.4, 0.5) is 5.69 Å². The fourth-order valence-electron chi connectivity index (χ4n) is 5.99. The molecule has 14 heteroatoms. The van der Waals surface area contributed by atoms with Gasteiger partial charge in [0.2, 0.25) is 6.79 Å². The van der Waals surface area contributed by atoms with Crippen molar-refractivity contribution in [2.45, 2.75) is 39.4 Å². The molecule has 2 aliphatic rings. The maximum Gasteiger partial charge on any atom is 0.285 e. The Morgan fingerprint density at radius 1 is 0.782 bits per heavy atom. The average Bonchev–Trinajstić information content (AvgIpc) is 3.86. The normalized spacial score (nSPS) is 14.1. The van der Waals surface area contributed by atoms with Crippen LogP contribution in [0.1, 0.15) is 36.5 Å². The van der Waals surface area contributed by atoms with Crippen molar-refractivity contribution in [3.05, 3.63) is 136 Å². The van der Waals surface area contributed by atoms with E-state index < -0.39 is 15.9 Å². The molecule has 0 aliphatic carbocycles. The zero-order chi connectivity index (χ0) is 38.8. The summed E-state index contributed by atoms with van der Waals surface area (Å²) < 4.78 is 49.7. The van der Waals surface area contributed by atoms with Gasteiger partial charge in [-0.05, 0) is 52.9 Å². The maximum atomic E-state index is 13.1. The van der Waals surface area contributed by atoms with Crippen molar-refractivity contribution in [3.63, 3.8) is 0 Å². The van der Waals surface area contributed by atoms with E-state index in [4.69, 9.17) is 18.9 Å². The highest BCUT2D eigenvalue weighted by molar-refractivity contribution is 7.99. The Balaban J connectivity index is 0.000000188. The van der Waals surface area contributed by atoms with Crippen molar-refractivity contribution in [1.29, 1.82) is 0 Å². The van der Waals surface area contributed by atoms with Crippen LogP contribution >= 0.6 is 11.5 Å². The number of amides is 1. The Bertz CT molecular complexity index is 2270. The SMILES string of the molecule is CCCCn1sc(-c2ccccc2)c(NCc2ccc(OC)cc2)c1=O.COCCN1C(=O)C(NCc2ccc3c(c2)OCO3)=C(c2ccccc2)S1(=O)=O. The minimum Gasteiger partial charge on any atom is -0.497 e. The number of nitrogens with zero attached hydrogens (tertiary/aromatic N) is 2. The standard InChI is InChI=1S/C21H24N2O2S.C20H20N2O6S/c1-3-4-14-23-21(24)19(20(26-23)17-8-6-5-7-9-17)22-15-16-10-12-18(25-2)13-11-16;1-26-10-9-22-20(23)18(19(29(22,24)25)15-5-3-2-4-6-15)21-12-14-7-8-16-17(11-14)28-13-27-16/h5-13,22H,3-4,14-15H2,1-2H3;2-8,11,21H,9-10,12-13H2,1H3. The first-order chi connectivity index (χ1) is 26.7. The third-order valence-corrected chi connectivity index (χ3v) is 12.0. The molecule has 3 heterocycles. The molecule has 4 aromatic carbocycles. The van der Waals surface area contributed by atoms with Crippen LogP contribution in [0.3, 0.4) is 0 Å². The highest BCUT2D eigenvalue weighted by Crippen LogP contribution is 2.36. The average molecular weight is 785 g/mol. The molecule has 0 fully saturated rings. The third kappa shape index (κ3) is 9.05. The lowest BCUT2D eigenvalue weighted by Gasteiger charge is -2.15. The number of aromatic nitrogens is 1. The van der Waals surface area contributed by atoms with Crippen LogP contribution in [0.15, 0.2) is 114 Å². The number of methoxy groups -OCH3 is 2. The van der Waals surface area contributed by atoms with E-state index in [0.29, 0.717) is 29.3 Å². The first-order valence-corrected chi connectivity index (χ1v) is 20.1. The molecular formula is C41H44N4O8S2. The number of carbonyl (C=O) groups excluding carboxylic acids is 1. The molecule has 12 nitrogen and oxygen atoms in total. The third-order valence-electron chi connectivity index (χ3n) is 8.90. The van der Waals surface area contributed by atoms with Gasteiger partial charge in [-0.1, -0.05) is 104 Å². The zero-order valence-corrected chi connectivity index (χ0v) is 32.6. The second-order valence-electron chi connectivity index (χ2n) is 12.6. The zero-order valence-electron chi connectivity index (χ0n) is 30.9. The topological polar surface area (TPSA) is 137 Å². The number of hydrogen-bond acceptors (Lipinski definition) is 11. The Labute approximate surface area is 325 Å². The molecule has 1 aromatic heterocycles. The number of aryl methyl sites for hydroxylation is 1. The maximum absolute atomic E-state index is 13.1. The number of carbonyl (C=O) groups is 1. The fraction of sp³-hybridized carbons (Fsp3) is 0.268. The van der Waals surface area contributed by atoms with E-state index in [1.807, 2.05) is 64.6 Å². The summed E-state index contributed by atoms with van der Waals surface area (Å²) in [7, 11) is -0.877. The van der Waals surface area contributed by atoms with Crippen LogP contribution in [0.5, 0.6) is 17.2 Å². The quantitative estimate of drug-likeness (QED) is 0.118. The van der Waals surface area contributed by atoms with E-state index in [2.05, 4.69) is 17.6 Å². The number of sulfonamides is 1. The Morgan fingerprint density at radius 3 is 2.11 bits per heavy atom. The van der Waals surface area contributed by atoms with Crippen LogP contribution < -0.4 is 30.4 Å². The summed E-state index contributed by atoms with van der Waals surface area (Å²) >= 11 is 1.54. The molecule has 0 bridgehead atoms.